The summed E-state index contributed by atoms with van der Waals surface area (Å²) in [4.78, 5) is 14.2. The molecule has 19 heavy (non-hydrogen) atoms. The number of carbonyl (C=O) groups excluding carboxylic acids is 1. The molecule has 0 aliphatic carbocycles. The van der Waals surface area contributed by atoms with Crippen molar-refractivity contribution in [3.63, 3.8) is 0 Å². The Labute approximate surface area is 118 Å². The van der Waals surface area contributed by atoms with Crippen LogP contribution in [0.2, 0.25) is 0 Å². The van der Waals surface area contributed by atoms with Gasteiger partial charge in [-0.3, -0.25) is 4.79 Å². The maximum atomic E-state index is 12.2. The summed E-state index contributed by atoms with van der Waals surface area (Å²) in [5, 5.41) is 3.36. The molecule has 1 heterocycles. The topological polar surface area (TPSA) is 41.6 Å². The van der Waals surface area contributed by atoms with E-state index in [0.717, 1.165) is 30.9 Å². The van der Waals surface area contributed by atoms with E-state index >= 15 is 0 Å². The summed E-state index contributed by atoms with van der Waals surface area (Å²) >= 11 is 1.57. The van der Waals surface area contributed by atoms with Crippen molar-refractivity contribution in [3.8, 4) is 5.75 Å². The molecule has 1 atom stereocenters. The first-order valence-electron chi connectivity index (χ1n) is 6.40. The number of piperazine rings is 1. The predicted octanol–water partition coefficient (Wildman–Crippen LogP) is 1.53. The van der Waals surface area contributed by atoms with Gasteiger partial charge in [0.05, 0.1) is 18.9 Å². The number of rotatable bonds is 4. The highest BCUT2D eigenvalue weighted by atomic mass is 32.2. The molecular formula is C14H20N2O2S. The molecule has 0 bridgehead atoms. The van der Waals surface area contributed by atoms with Gasteiger partial charge >= 0.3 is 0 Å². The standard InChI is InChI=1S/C14H20N2O2S/c1-18-13-6-4-3-5-11(13)12-9-15-7-8-16(12)14(17)10-19-2/h3-6,12,15H,7-10H2,1-2H3. The van der Waals surface area contributed by atoms with Crippen LogP contribution in [0.4, 0.5) is 0 Å². The average Bonchev–Trinajstić information content (AvgIpc) is 2.47. The van der Waals surface area contributed by atoms with Crippen molar-refractivity contribution >= 4 is 17.7 Å². The number of amides is 1. The summed E-state index contributed by atoms with van der Waals surface area (Å²) in [5.74, 6) is 1.58. The normalized spacial score (nSPS) is 19.3. The molecular weight excluding hydrogens is 260 g/mol. The van der Waals surface area contributed by atoms with E-state index in [0.29, 0.717) is 5.75 Å². The van der Waals surface area contributed by atoms with E-state index in [-0.39, 0.29) is 11.9 Å². The third kappa shape index (κ3) is 3.22. The highest BCUT2D eigenvalue weighted by Gasteiger charge is 2.29. The molecule has 1 aromatic carbocycles. The van der Waals surface area contributed by atoms with Gasteiger partial charge in [-0.1, -0.05) is 18.2 Å². The second-order valence-electron chi connectivity index (χ2n) is 4.48. The van der Waals surface area contributed by atoms with Crippen molar-refractivity contribution < 1.29 is 9.53 Å². The first-order valence-corrected chi connectivity index (χ1v) is 7.79. The molecule has 104 valence electrons. The van der Waals surface area contributed by atoms with E-state index in [4.69, 9.17) is 4.74 Å². The molecule has 0 aromatic heterocycles. The molecule has 1 saturated heterocycles. The Hall–Kier alpha value is -1.20. The number of carbonyl (C=O) groups is 1. The number of methoxy groups -OCH3 is 1. The first kappa shape index (κ1) is 14.2. The maximum absolute atomic E-state index is 12.2. The third-order valence-electron chi connectivity index (χ3n) is 3.33. The fraction of sp³-hybridized carbons (Fsp3) is 0.500. The Morgan fingerprint density at radius 1 is 1.53 bits per heavy atom. The molecule has 0 spiro atoms. The highest BCUT2D eigenvalue weighted by molar-refractivity contribution is 7.99. The fourth-order valence-electron chi connectivity index (χ4n) is 2.43. The van der Waals surface area contributed by atoms with Gasteiger partial charge in [0.2, 0.25) is 5.91 Å². The molecule has 5 heteroatoms. The van der Waals surface area contributed by atoms with Crippen molar-refractivity contribution in [3.05, 3.63) is 29.8 Å². The highest BCUT2D eigenvalue weighted by Crippen LogP contribution is 2.30. The quantitative estimate of drug-likeness (QED) is 0.908. The Morgan fingerprint density at radius 2 is 2.32 bits per heavy atom. The molecule has 1 N–H and O–H groups in total. The zero-order valence-corrected chi connectivity index (χ0v) is 12.2. The number of hydrogen-bond acceptors (Lipinski definition) is 4. The summed E-state index contributed by atoms with van der Waals surface area (Å²) in [6, 6.07) is 7.98. The minimum Gasteiger partial charge on any atom is -0.496 e. The van der Waals surface area contributed by atoms with Crippen molar-refractivity contribution in [2.45, 2.75) is 6.04 Å². The minimum atomic E-state index is 0.0598. The van der Waals surface area contributed by atoms with Crippen molar-refractivity contribution in [2.24, 2.45) is 0 Å². The van der Waals surface area contributed by atoms with Gasteiger partial charge in [-0.15, -0.1) is 0 Å². The lowest BCUT2D eigenvalue weighted by molar-refractivity contribution is -0.131. The molecule has 1 aliphatic heterocycles. The SMILES string of the molecule is COc1ccccc1C1CNCCN1C(=O)CSC. The van der Waals surface area contributed by atoms with Crippen LogP contribution < -0.4 is 10.1 Å². The predicted molar refractivity (Wildman–Crippen MR) is 78.7 cm³/mol. The monoisotopic (exact) mass is 280 g/mol. The number of thioether (sulfide) groups is 1. The van der Waals surface area contributed by atoms with Crippen molar-refractivity contribution in [2.75, 3.05) is 38.8 Å². The largest absolute Gasteiger partial charge is 0.496 e. The molecule has 1 amide bonds. The van der Waals surface area contributed by atoms with Gasteiger partial charge in [-0.2, -0.15) is 11.8 Å². The number of para-hydroxylation sites is 1. The van der Waals surface area contributed by atoms with Gasteiger partial charge in [0.15, 0.2) is 0 Å². The number of benzene rings is 1. The van der Waals surface area contributed by atoms with Crippen LogP contribution in [-0.2, 0) is 4.79 Å². The summed E-state index contributed by atoms with van der Waals surface area (Å²) in [6.45, 7) is 2.38. The summed E-state index contributed by atoms with van der Waals surface area (Å²) in [6.07, 6.45) is 1.96. The van der Waals surface area contributed by atoms with Gasteiger partial charge < -0.3 is 15.0 Å². The van der Waals surface area contributed by atoms with Crippen LogP contribution in [0.5, 0.6) is 5.75 Å². The van der Waals surface area contributed by atoms with Crippen LogP contribution in [0.3, 0.4) is 0 Å². The first-order chi connectivity index (χ1) is 9.27. The van der Waals surface area contributed by atoms with E-state index < -0.39 is 0 Å². The van der Waals surface area contributed by atoms with Gasteiger partial charge in [-0.05, 0) is 12.3 Å². The minimum absolute atomic E-state index is 0.0598. The second kappa shape index (κ2) is 6.82. The van der Waals surface area contributed by atoms with E-state index in [9.17, 15) is 4.79 Å². The summed E-state index contributed by atoms with van der Waals surface area (Å²) in [7, 11) is 1.67. The molecule has 1 aromatic rings. The van der Waals surface area contributed by atoms with Crippen LogP contribution in [0.25, 0.3) is 0 Å². The van der Waals surface area contributed by atoms with Gasteiger partial charge in [0.25, 0.3) is 0 Å². The van der Waals surface area contributed by atoms with E-state index in [1.807, 2.05) is 35.4 Å². The number of hydrogen-bond donors (Lipinski definition) is 1. The van der Waals surface area contributed by atoms with Crippen molar-refractivity contribution in [1.29, 1.82) is 0 Å². The molecule has 0 saturated carbocycles. The van der Waals surface area contributed by atoms with Gasteiger partial charge in [-0.25, -0.2) is 0 Å². The summed E-state index contributed by atoms with van der Waals surface area (Å²) in [5.41, 5.74) is 1.08. The number of ether oxygens (including phenoxy) is 1. The molecule has 1 aliphatic rings. The second-order valence-corrected chi connectivity index (χ2v) is 5.35. The number of nitrogens with zero attached hydrogens (tertiary/aromatic N) is 1. The molecule has 0 radical (unpaired) electrons. The average molecular weight is 280 g/mol. The van der Waals surface area contributed by atoms with Gasteiger partial charge in [0.1, 0.15) is 5.75 Å². The van der Waals surface area contributed by atoms with E-state index in [2.05, 4.69) is 5.32 Å². The summed E-state index contributed by atoms with van der Waals surface area (Å²) < 4.78 is 5.42. The lowest BCUT2D eigenvalue weighted by Gasteiger charge is -2.37. The van der Waals surface area contributed by atoms with E-state index in [1.165, 1.54) is 0 Å². The lowest BCUT2D eigenvalue weighted by Crippen LogP contribution is -2.49. The van der Waals surface area contributed by atoms with Crippen LogP contribution in [0, 0.1) is 0 Å². The Balaban J connectivity index is 2.26. The Bertz CT molecular complexity index is 439. The Morgan fingerprint density at radius 3 is 3.05 bits per heavy atom. The molecule has 1 fully saturated rings. The molecule has 4 nitrogen and oxygen atoms in total. The van der Waals surface area contributed by atoms with Crippen LogP contribution >= 0.6 is 11.8 Å². The molecule has 1 unspecified atom stereocenters. The van der Waals surface area contributed by atoms with Crippen LogP contribution in [0.15, 0.2) is 24.3 Å². The number of nitrogens with one attached hydrogen (secondary N) is 1. The van der Waals surface area contributed by atoms with Crippen LogP contribution in [0.1, 0.15) is 11.6 Å². The van der Waals surface area contributed by atoms with Crippen LogP contribution in [-0.4, -0.2) is 49.6 Å². The smallest absolute Gasteiger partial charge is 0.233 e. The third-order valence-corrected chi connectivity index (χ3v) is 3.87. The van der Waals surface area contributed by atoms with E-state index in [1.54, 1.807) is 18.9 Å². The lowest BCUT2D eigenvalue weighted by atomic mass is 10.0. The van der Waals surface area contributed by atoms with Gasteiger partial charge in [0, 0.05) is 25.2 Å². The Kier molecular flexibility index (Phi) is 5.10. The maximum Gasteiger partial charge on any atom is 0.233 e. The zero-order valence-electron chi connectivity index (χ0n) is 11.4. The molecule has 2 rings (SSSR count). The zero-order chi connectivity index (χ0) is 13.7. The van der Waals surface area contributed by atoms with Crippen molar-refractivity contribution in [1.82, 2.24) is 10.2 Å². The fourth-order valence-corrected chi connectivity index (χ4v) is 2.84.